The fourth-order valence-electron chi connectivity index (χ4n) is 5.86. The summed E-state index contributed by atoms with van der Waals surface area (Å²) >= 11 is 1.06. The second-order valence-electron chi connectivity index (χ2n) is 10.1. The Hall–Kier alpha value is -5.38. The summed E-state index contributed by atoms with van der Waals surface area (Å²) in [6, 6.07) is 33.1. The molecule has 0 unspecified atom stereocenters. The van der Waals surface area contributed by atoms with Crippen LogP contribution in [0.1, 0.15) is 0 Å². The average molecular weight is 586 g/mol. The van der Waals surface area contributed by atoms with E-state index in [1.807, 2.05) is 48.5 Å². The van der Waals surface area contributed by atoms with Crippen molar-refractivity contribution in [2.75, 3.05) is 21.3 Å². The molecule has 0 radical (unpaired) electrons. The summed E-state index contributed by atoms with van der Waals surface area (Å²) in [6.07, 6.45) is 0. The van der Waals surface area contributed by atoms with E-state index in [9.17, 15) is 0 Å². The molecule has 8 bridgehead atoms. The number of benzene rings is 4. The zero-order valence-corrected chi connectivity index (χ0v) is 23.4. The zero-order chi connectivity index (χ0) is 28.2. The van der Waals surface area contributed by atoms with E-state index in [1.54, 1.807) is 0 Å². The van der Waals surface area contributed by atoms with Crippen molar-refractivity contribution in [1.82, 2.24) is 19.9 Å². The number of nitrogens with zero attached hydrogens (tertiary/aromatic N) is 2. The van der Waals surface area contributed by atoms with Gasteiger partial charge in [0.1, 0.15) is 0 Å². The van der Waals surface area contributed by atoms with Crippen molar-refractivity contribution < 1.29 is 21.0 Å². The van der Waals surface area contributed by atoms with Crippen molar-refractivity contribution in [2.45, 2.75) is 0 Å². The Bertz CT molecular complexity index is 1810. The smallest absolute Gasteiger partial charge is 0.0585 e. The van der Waals surface area contributed by atoms with Crippen LogP contribution in [-0.4, -0.2) is 9.97 Å². The summed E-state index contributed by atoms with van der Waals surface area (Å²) in [5.74, 6) is 6.55. The molecule has 0 amide bonds. The molecular formula is C32H22N8OV. The molecule has 10 heteroatoms. The van der Waals surface area contributed by atoms with Crippen LogP contribution >= 0.6 is 0 Å². The summed E-state index contributed by atoms with van der Waals surface area (Å²) < 4.78 is 8.19. The van der Waals surface area contributed by atoms with Crippen LogP contribution in [0.15, 0.2) is 97.1 Å². The second-order valence-corrected chi connectivity index (χ2v) is 10.1. The van der Waals surface area contributed by atoms with Gasteiger partial charge < -0.3 is 41.2 Å². The molecule has 0 fully saturated rings. The SMILES string of the molecule is [O]=[V+2].c1ccc2c3[n-]c(c2c1)Nc1[nH]c(c2ccccc12)Nc1[n-]c(c2ccccc12)Nc1[nH]c(c2ccccc12)N3. The monoisotopic (exact) mass is 585 g/mol. The predicted octanol–water partition coefficient (Wildman–Crippen LogP) is 8.04. The molecule has 5 heterocycles. The molecule has 0 atom stereocenters. The number of fused-ring (bicyclic) bond motifs is 20. The van der Waals surface area contributed by atoms with Gasteiger partial charge >= 0.3 is 21.0 Å². The first-order valence-corrected chi connectivity index (χ1v) is 14.0. The van der Waals surface area contributed by atoms with Gasteiger partial charge in [0.2, 0.25) is 0 Å². The van der Waals surface area contributed by atoms with Crippen LogP contribution in [0.2, 0.25) is 0 Å². The number of hydrogen-bond donors (Lipinski definition) is 6. The van der Waals surface area contributed by atoms with E-state index in [0.717, 1.165) is 107 Å². The van der Waals surface area contributed by atoms with Crippen LogP contribution in [0.5, 0.6) is 0 Å². The Morgan fingerprint density at radius 1 is 0.357 bits per heavy atom. The molecule has 6 N–H and O–H groups in total. The summed E-state index contributed by atoms with van der Waals surface area (Å²) in [7, 11) is 0. The third kappa shape index (κ3) is 3.72. The van der Waals surface area contributed by atoms with E-state index in [1.165, 1.54) is 0 Å². The summed E-state index contributed by atoms with van der Waals surface area (Å²) in [5, 5.41) is 22.8. The minimum absolute atomic E-state index is 0.775. The number of aromatic amines is 2. The number of aromatic nitrogens is 4. The average Bonchev–Trinajstić information content (AvgIpc) is 3.78. The third-order valence-electron chi connectivity index (χ3n) is 7.73. The standard InChI is InChI=1S/C32H22N8.O.V/c1-2-10-18-17(9-1)25-33-26(18)38-28-21-13-5-6-14-22(21)30(35-28)40-32-24-16-8-7-15-23(24)31(36-32)39-29-20-12-4-3-11-19(20)27(34-29)37-25;;/h1-16,33,36-40H;;/q-2;;+2. The van der Waals surface area contributed by atoms with E-state index in [0.29, 0.717) is 0 Å². The summed E-state index contributed by atoms with van der Waals surface area (Å²) in [5.41, 5.74) is 0. The second kappa shape index (κ2) is 9.62. The van der Waals surface area contributed by atoms with Crippen LogP contribution in [0.25, 0.3) is 43.1 Å². The number of hydrogen-bond acceptors (Lipinski definition) is 5. The Morgan fingerprint density at radius 2 is 0.571 bits per heavy atom. The largest absolute Gasteiger partial charge is 0.400 e. The molecule has 1 aliphatic heterocycles. The summed E-state index contributed by atoms with van der Waals surface area (Å²) in [6.45, 7) is 0. The third-order valence-corrected chi connectivity index (χ3v) is 7.73. The van der Waals surface area contributed by atoms with Gasteiger partial charge in [-0.25, -0.2) is 0 Å². The molecule has 42 heavy (non-hydrogen) atoms. The molecule has 0 spiro atoms. The maximum atomic E-state index is 8.19. The fourth-order valence-corrected chi connectivity index (χ4v) is 5.86. The van der Waals surface area contributed by atoms with Gasteiger partial charge in [0.05, 0.1) is 23.3 Å². The molecule has 8 aromatic rings. The van der Waals surface area contributed by atoms with Crippen LogP contribution < -0.4 is 31.2 Å². The van der Waals surface area contributed by atoms with E-state index >= 15 is 0 Å². The number of H-pyrrole nitrogens is 2. The molecule has 4 aromatic carbocycles. The first kappa shape index (κ1) is 24.4. The van der Waals surface area contributed by atoms with Gasteiger partial charge in [-0.05, 0) is 21.5 Å². The Balaban J connectivity index is 0.00000131. The normalized spacial score (nSPS) is 12.3. The predicted molar refractivity (Wildman–Crippen MR) is 165 cm³/mol. The van der Waals surface area contributed by atoms with Crippen molar-refractivity contribution in [2.24, 2.45) is 0 Å². The van der Waals surface area contributed by atoms with Gasteiger partial charge in [-0.3, -0.25) is 0 Å². The van der Waals surface area contributed by atoms with Gasteiger partial charge in [0.15, 0.2) is 0 Å². The summed E-state index contributed by atoms with van der Waals surface area (Å²) in [4.78, 5) is 17.2. The van der Waals surface area contributed by atoms with E-state index < -0.39 is 0 Å². The van der Waals surface area contributed by atoms with Crippen molar-refractivity contribution in [3.05, 3.63) is 97.1 Å². The van der Waals surface area contributed by atoms with Crippen LogP contribution in [0.4, 0.5) is 46.5 Å². The molecule has 9 rings (SSSR count). The Morgan fingerprint density at radius 3 is 0.810 bits per heavy atom. The van der Waals surface area contributed by atoms with Crippen LogP contribution in [-0.2, 0) is 21.0 Å². The van der Waals surface area contributed by atoms with Gasteiger partial charge in [-0.2, -0.15) is 0 Å². The van der Waals surface area contributed by atoms with Crippen molar-refractivity contribution in [3.63, 3.8) is 0 Å². The molecule has 4 aromatic heterocycles. The van der Waals surface area contributed by atoms with E-state index in [-0.39, 0.29) is 0 Å². The molecule has 0 saturated carbocycles. The van der Waals surface area contributed by atoms with E-state index in [2.05, 4.69) is 79.8 Å². The number of rotatable bonds is 0. The first-order valence-electron chi connectivity index (χ1n) is 13.4. The Kier molecular flexibility index (Phi) is 5.60. The van der Waals surface area contributed by atoms with Gasteiger partial charge in [0, 0.05) is 44.8 Å². The molecule has 1 aliphatic rings. The van der Waals surface area contributed by atoms with Gasteiger partial charge in [0.25, 0.3) is 0 Å². The fraction of sp³-hybridized carbons (Fsp3) is 0. The minimum Gasteiger partial charge on any atom is -0.400 e. The van der Waals surface area contributed by atoms with Crippen molar-refractivity contribution in [3.8, 4) is 0 Å². The molecule has 0 aliphatic carbocycles. The topological polar surface area (TPSA) is 125 Å². The maximum Gasteiger partial charge on any atom is 0.0585 e. The first-order chi connectivity index (χ1) is 20.8. The molecule has 0 saturated heterocycles. The number of nitrogens with one attached hydrogen (secondary N) is 6. The Labute approximate surface area is 248 Å². The van der Waals surface area contributed by atoms with Crippen molar-refractivity contribution in [1.29, 1.82) is 0 Å². The van der Waals surface area contributed by atoms with Crippen molar-refractivity contribution >= 4 is 89.6 Å². The van der Waals surface area contributed by atoms with Crippen LogP contribution in [0.3, 0.4) is 0 Å². The quantitative estimate of drug-likeness (QED) is 0.106. The van der Waals surface area contributed by atoms with Crippen LogP contribution in [0, 0.1) is 0 Å². The minimum atomic E-state index is 0.775. The zero-order valence-electron chi connectivity index (χ0n) is 22.0. The molecule has 201 valence electrons. The van der Waals surface area contributed by atoms with Gasteiger partial charge in [-0.15, -0.1) is 0 Å². The number of anilines is 8. The maximum absolute atomic E-state index is 8.19. The van der Waals surface area contributed by atoms with Gasteiger partial charge in [-0.1, -0.05) is 97.1 Å². The van der Waals surface area contributed by atoms with E-state index in [4.69, 9.17) is 13.6 Å². The molecular weight excluding hydrogens is 563 g/mol. The molecule has 9 nitrogen and oxygen atoms in total.